The van der Waals surface area contributed by atoms with E-state index in [0.717, 1.165) is 12.0 Å². The van der Waals surface area contributed by atoms with Gasteiger partial charge in [0.15, 0.2) is 5.13 Å². The van der Waals surface area contributed by atoms with Crippen LogP contribution in [0.15, 0.2) is 30.3 Å². The van der Waals surface area contributed by atoms with E-state index >= 15 is 0 Å². The number of aromatic nitrogens is 1. The molecule has 0 saturated heterocycles. The van der Waals surface area contributed by atoms with Crippen LogP contribution >= 0.6 is 11.3 Å². The molecule has 0 saturated carbocycles. The van der Waals surface area contributed by atoms with Crippen LogP contribution in [0.3, 0.4) is 0 Å². The maximum Gasteiger partial charge on any atom is 0.263 e. The number of hydrogen-bond acceptors (Lipinski definition) is 4. The van der Waals surface area contributed by atoms with Gasteiger partial charge in [0.05, 0.1) is 5.69 Å². The summed E-state index contributed by atoms with van der Waals surface area (Å²) in [6.45, 7) is 2.60. The summed E-state index contributed by atoms with van der Waals surface area (Å²) in [5.41, 5.74) is 1.44. The Morgan fingerprint density at radius 1 is 1.35 bits per heavy atom. The first-order valence-electron chi connectivity index (χ1n) is 6.31. The number of nitrogens with one attached hydrogen (secondary N) is 2. The summed E-state index contributed by atoms with van der Waals surface area (Å²) in [6, 6.07) is 9.44. The molecule has 2 rings (SSSR count). The van der Waals surface area contributed by atoms with Crippen molar-refractivity contribution in [2.24, 2.45) is 0 Å². The molecule has 0 atom stereocenters. The third-order valence-electron chi connectivity index (χ3n) is 2.60. The largest absolute Gasteiger partial charge is 0.351 e. The first-order valence-corrected chi connectivity index (χ1v) is 7.12. The van der Waals surface area contributed by atoms with Crippen molar-refractivity contribution in [3.05, 3.63) is 35.2 Å². The molecule has 104 valence electrons. The molecule has 1 aromatic heterocycles. The molecule has 0 fully saturated rings. The lowest BCUT2D eigenvalue weighted by molar-refractivity contribution is -0.105. The van der Waals surface area contributed by atoms with E-state index < -0.39 is 0 Å². The average molecular weight is 289 g/mol. The molecule has 0 aliphatic carbocycles. The fraction of sp³-hybridized carbons (Fsp3) is 0.214. The zero-order valence-corrected chi connectivity index (χ0v) is 11.9. The first-order chi connectivity index (χ1) is 9.76. The fourth-order valence-corrected chi connectivity index (χ4v) is 2.56. The van der Waals surface area contributed by atoms with E-state index in [1.54, 1.807) is 0 Å². The summed E-state index contributed by atoms with van der Waals surface area (Å²) >= 11 is 1.17. The van der Waals surface area contributed by atoms with Crippen molar-refractivity contribution < 1.29 is 9.59 Å². The van der Waals surface area contributed by atoms with Crippen molar-refractivity contribution in [1.29, 1.82) is 0 Å². The van der Waals surface area contributed by atoms with Crippen LogP contribution in [0.4, 0.5) is 5.13 Å². The second-order valence-corrected chi connectivity index (χ2v) is 5.08. The molecule has 0 spiro atoms. The molecule has 0 radical (unpaired) electrons. The van der Waals surface area contributed by atoms with E-state index in [1.807, 2.05) is 37.3 Å². The van der Waals surface area contributed by atoms with Crippen molar-refractivity contribution in [2.75, 3.05) is 11.9 Å². The van der Waals surface area contributed by atoms with Gasteiger partial charge in [0, 0.05) is 12.1 Å². The Kier molecular flexibility index (Phi) is 4.84. The molecule has 0 unspecified atom stereocenters. The third kappa shape index (κ3) is 3.21. The lowest BCUT2D eigenvalue weighted by Gasteiger charge is -2.03. The number of nitrogens with zero attached hydrogens (tertiary/aromatic N) is 1. The van der Waals surface area contributed by atoms with E-state index in [4.69, 9.17) is 0 Å². The number of rotatable bonds is 6. The van der Waals surface area contributed by atoms with Crippen molar-refractivity contribution in [3.8, 4) is 11.3 Å². The monoisotopic (exact) mass is 289 g/mol. The quantitative estimate of drug-likeness (QED) is 0.803. The van der Waals surface area contributed by atoms with Gasteiger partial charge in [-0.25, -0.2) is 4.98 Å². The standard InChI is InChI=1S/C14H15N3O2S/c1-2-8-15-13(19)12-11(10-6-4-3-5-7-10)17-14(20-12)16-9-18/h3-7,9H,2,8H2,1H3,(H,15,19)(H,16,17,18). The number of anilines is 1. The van der Waals surface area contributed by atoms with Gasteiger partial charge in [-0.2, -0.15) is 0 Å². The summed E-state index contributed by atoms with van der Waals surface area (Å²) < 4.78 is 0. The highest BCUT2D eigenvalue weighted by Crippen LogP contribution is 2.30. The maximum atomic E-state index is 12.2. The van der Waals surface area contributed by atoms with Gasteiger partial charge in [0.25, 0.3) is 5.91 Å². The molecule has 6 heteroatoms. The van der Waals surface area contributed by atoms with Gasteiger partial charge in [-0.3, -0.25) is 9.59 Å². The van der Waals surface area contributed by atoms with Gasteiger partial charge in [-0.1, -0.05) is 48.6 Å². The molecule has 0 aliphatic rings. The summed E-state index contributed by atoms with van der Waals surface area (Å²) in [6.07, 6.45) is 1.42. The van der Waals surface area contributed by atoms with Crippen molar-refractivity contribution >= 4 is 28.8 Å². The van der Waals surface area contributed by atoms with Crippen molar-refractivity contribution in [2.45, 2.75) is 13.3 Å². The van der Waals surface area contributed by atoms with E-state index in [9.17, 15) is 9.59 Å². The van der Waals surface area contributed by atoms with Crippen molar-refractivity contribution in [3.63, 3.8) is 0 Å². The van der Waals surface area contributed by atoms with Crippen molar-refractivity contribution in [1.82, 2.24) is 10.3 Å². The molecule has 2 amide bonds. The Morgan fingerprint density at radius 3 is 2.75 bits per heavy atom. The maximum absolute atomic E-state index is 12.2. The van der Waals surface area contributed by atoms with Crippen LogP contribution in [0, 0.1) is 0 Å². The summed E-state index contributed by atoms with van der Waals surface area (Å²) in [4.78, 5) is 27.5. The van der Waals surface area contributed by atoms with E-state index in [2.05, 4.69) is 15.6 Å². The van der Waals surface area contributed by atoms with Crippen LogP contribution < -0.4 is 10.6 Å². The first kappa shape index (κ1) is 14.2. The highest BCUT2D eigenvalue weighted by atomic mass is 32.1. The lowest BCUT2D eigenvalue weighted by atomic mass is 10.1. The molecule has 0 bridgehead atoms. The lowest BCUT2D eigenvalue weighted by Crippen LogP contribution is -2.23. The highest BCUT2D eigenvalue weighted by molar-refractivity contribution is 7.18. The van der Waals surface area contributed by atoms with Crippen LogP contribution in [-0.2, 0) is 4.79 Å². The van der Waals surface area contributed by atoms with Crippen LogP contribution in [0.1, 0.15) is 23.0 Å². The van der Waals surface area contributed by atoms with E-state index in [0.29, 0.717) is 28.7 Å². The van der Waals surface area contributed by atoms with Crippen LogP contribution in [-0.4, -0.2) is 23.8 Å². The van der Waals surface area contributed by atoms with Crippen LogP contribution in [0.25, 0.3) is 11.3 Å². The van der Waals surface area contributed by atoms with Crippen LogP contribution in [0.2, 0.25) is 0 Å². The topological polar surface area (TPSA) is 71.1 Å². The molecule has 1 aromatic carbocycles. The predicted octanol–water partition coefficient (Wildman–Crippen LogP) is 2.52. The van der Waals surface area contributed by atoms with Gasteiger partial charge in [0.2, 0.25) is 6.41 Å². The minimum atomic E-state index is -0.165. The molecule has 0 aliphatic heterocycles. The summed E-state index contributed by atoms with van der Waals surface area (Å²) in [5, 5.41) is 5.74. The van der Waals surface area contributed by atoms with Gasteiger partial charge in [-0.05, 0) is 6.42 Å². The number of hydrogen-bond donors (Lipinski definition) is 2. The number of amides is 2. The zero-order chi connectivity index (χ0) is 14.4. The van der Waals surface area contributed by atoms with Gasteiger partial charge in [-0.15, -0.1) is 0 Å². The molecule has 2 aromatic rings. The Morgan fingerprint density at radius 2 is 2.10 bits per heavy atom. The second-order valence-electron chi connectivity index (χ2n) is 4.08. The molecule has 2 N–H and O–H groups in total. The predicted molar refractivity (Wildman–Crippen MR) is 79.9 cm³/mol. The molecule has 1 heterocycles. The Labute approximate surface area is 121 Å². The minimum absolute atomic E-state index is 0.165. The van der Waals surface area contributed by atoms with E-state index in [-0.39, 0.29) is 5.91 Å². The SMILES string of the molecule is CCCNC(=O)c1sc(NC=O)nc1-c1ccccc1. The Bertz CT molecular complexity index is 596. The highest BCUT2D eigenvalue weighted by Gasteiger charge is 2.18. The smallest absolute Gasteiger partial charge is 0.263 e. The zero-order valence-electron chi connectivity index (χ0n) is 11.1. The van der Waals surface area contributed by atoms with Gasteiger partial charge < -0.3 is 10.6 Å². The summed E-state index contributed by atoms with van der Waals surface area (Å²) in [5.74, 6) is -0.165. The Balaban J connectivity index is 2.38. The molecular weight excluding hydrogens is 274 g/mol. The number of thiazole rings is 1. The molecular formula is C14H15N3O2S. The number of carbonyl (C=O) groups excluding carboxylic acids is 2. The number of benzene rings is 1. The minimum Gasteiger partial charge on any atom is -0.351 e. The second kappa shape index (κ2) is 6.81. The van der Waals surface area contributed by atoms with Crippen LogP contribution in [0.5, 0.6) is 0 Å². The third-order valence-corrected chi connectivity index (χ3v) is 3.58. The van der Waals surface area contributed by atoms with Gasteiger partial charge in [0.1, 0.15) is 4.88 Å². The summed E-state index contributed by atoms with van der Waals surface area (Å²) in [7, 11) is 0. The number of carbonyl (C=O) groups is 2. The fourth-order valence-electron chi connectivity index (χ4n) is 1.70. The molecule has 20 heavy (non-hydrogen) atoms. The van der Waals surface area contributed by atoms with E-state index in [1.165, 1.54) is 11.3 Å². The Hall–Kier alpha value is -2.21. The average Bonchev–Trinajstić information content (AvgIpc) is 2.90. The van der Waals surface area contributed by atoms with Gasteiger partial charge >= 0.3 is 0 Å². The molecule has 5 nitrogen and oxygen atoms in total. The normalized spacial score (nSPS) is 10.1.